The number of nitrogens with one attached hydrogen (secondary N) is 2. The maximum absolute atomic E-state index is 10.4. The first-order valence-electron chi connectivity index (χ1n) is 12.4. The molecule has 0 atom stereocenters. The summed E-state index contributed by atoms with van der Waals surface area (Å²) in [5.41, 5.74) is 3.33. The zero-order valence-corrected chi connectivity index (χ0v) is 22.4. The monoisotopic (exact) mass is 519 g/mol. The number of anilines is 5. The molecule has 3 aromatic heterocycles. The van der Waals surface area contributed by atoms with Crippen LogP contribution in [0.2, 0.25) is 0 Å². The van der Waals surface area contributed by atoms with Gasteiger partial charge in [-0.3, -0.25) is 0 Å². The van der Waals surface area contributed by atoms with Gasteiger partial charge in [0.25, 0.3) is 0 Å². The van der Waals surface area contributed by atoms with Crippen molar-refractivity contribution in [2.24, 2.45) is 0 Å². The second kappa shape index (κ2) is 10.2. The van der Waals surface area contributed by atoms with Crippen molar-refractivity contribution >= 4 is 50.5 Å². The summed E-state index contributed by atoms with van der Waals surface area (Å²) >= 11 is 1.56. The second-order valence-corrected chi connectivity index (χ2v) is 10.9. The molecule has 4 aromatic rings. The minimum absolute atomic E-state index is 0.0444. The van der Waals surface area contributed by atoms with E-state index in [2.05, 4.69) is 43.9 Å². The van der Waals surface area contributed by atoms with E-state index in [9.17, 15) is 10.2 Å². The van der Waals surface area contributed by atoms with E-state index in [1.54, 1.807) is 31.3 Å². The van der Waals surface area contributed by atoms with E-state index in [1.807, 2.05) is 31.2 Å². The van der Waals surface area contributed by atoms with Gasteiger partial charge in [0.15, 0.2) is 0 Å². The lowest BCUT2D eigenvalue weighted by Gasteiger charge is -2.35. The Morgan fingerprint density at radius 3 is 2.54 bits per heavy atom. The number of aliphatic hydroxyl groups excluding tert-OH is 1. The number of aliphatic hydroxyl groups is 2. The van der Waals surface area contributed by atoms with Crippen LogP contribution in [0.5, 0.6) is 0 Å². The van der Waals surface area contributed by atoms with Gasteiger partial charge in [-0.2, -0.15) is 4.98 Å². The van der Waals surface area contributed by atoms with E-state index in [0.717, 1.165) is 58.9 Å². The Labute approximate surface area is 220 Å². The van der Waals surface area contributed by atoms with Gasteiger partial charge in [-0.1, -0.05) is 6.07 Å². The summed E-state index contributed by atoms with van der Waals surface area (Å²) in [6.07, 6.45) is 0. The van der Waals surface area contributed by atoms with Crippen molar-refractivity contribution in [3.8, 4) is 0 Å². The van der Waals surface area contributed by atoms with E-state index >= 15 is 0 Å². The second-order valence-electron chi connectivity index (χ2n) is 10.0. The fourth-order valence-electron chi connectivity index (χ4n) is 4.47. The third-order valence-electron chi connectivity index (χ3n) is 6.59. The van der Waals surface area contributed by atoms with E-state index in [-0.39, 0.29) is 6.61 Å². The van der Waals surface area contributed by atoms with E-state index in [0.29, 0.717) is 23.3 Å². The molecule has 0 bridgehead atoms. The molecule has 1 aliphatic rings. The summed E-state index contributed by atoms with van der Waals surface area (Å²) in [4.78, 5) is 19.6. The van der Waals surface area contributed by atoms with Gasteiger partial charge in [-0.15, -0.1) is 11.3 Å². The summed E-state index contributed by atoms with van der Waals surface area (Å²) < 4.78 is 0. The molecule has 1 aliphatic heterocycles. The first-order chi connectivity index (χ1) is 17.7. The van der Waals surface area contributed by atoms with E-state index in [1.165, 1.54) is 0 Å². The van der Waals surface area contributed by atoms with Crippen LogP contribution in [0.1, 0.15) is 30.7 Å². The zero-order valence-electron chi connectivity index (χ0n) is 21.6. The number of pyridine rings is 1. The van der Waals surface area contributed by atoms with E-state index in [4.69, 9.17) is 9.97 Å². The minimum Gasteiger partial charge on any atom is -0.392 e. The molecule has 194 valence electrons. The molecule has 0 amide bonds. The number of hydrogen-bond acceptors (Lipinski definition) is 10. The van der Waals surface area contributed by atoms with Gasteiger partial charge >= 0.3 is 0 Å². The highest BCUT2D eigenvalue weighted by Gasteiger charge is 2.20. The van der Waals surface area contributed by atoms with Crippen LogP contribution in [0.15, 0.2) is 41.8 Å². The average Bonchev–Trinajstić information content (AvgIpc) is 3.25. The normalized spacial score (nSPS) is 14.8. The van der Waals surface area contributed by atoms with Gasteiger partial charge in [0.1, 0.15) is 22.1 Å². The molecule has 10 heteroatoms. The van der Waals surface area contributed by atoms with Crippen LogP contribution in [-0.4, -0.2) is 63.3 Å². The van der Waals surface area contributed by atoms with Crippen molar-refractivity contribution in [3.05, 3.63) is 58.6 Å². The van der Waals surface area contributed by atoms with Crippen LogP contribution in [0.4, 0.5) is 29.0 Å². The SMILES string of the molecule is Cc1csc2nc(Nc3ccc(N4CCN(C)CC4)c(CO)c3)nc(Nc3cccc(C(C)(C)O)n3)c12. The molecule has 37 heavy (non-hydrogen) atoms. The topological polar surface area (TPSA) is 110 Å². The molecular formula is C27H33N7O2S. The van der Waals surface area contributed by atoms with Crippen LogP contribution < -0.4 is 15.5 Å². The molecule has 0 unspecified atom stereocenters. The Hall–Kier alpha value is -3.31. The largest absolute Gasteiger partial charge is 0.392 e. The highest BCUT2D eigenvalue weighted by Crippen LogP contribution is 2.33. The lowest BCUT2D eigenvalue weighted by Crippen LogP contribution is -2.44. The molecule has 1 saturated heterocycles. The van der Waals surface area contributed by atoms with Gasteiger partial charge in [-0.25, -0.2) is 9.97 Å². The van der Waals surface area contributed by atoms with Crippen LogP contribution in [-0.2, 0) is 12.2 Å². The Balaban J connectivity index is 1.44. The average molecular weight is 520 g/mol. The Morgan fingerprint density at radius 2 is 1.81 bits per heavy atom. The molecule has 0 aliphatic carbocycles. The number of benzene rings is 1. The molecule has 0 spiro atoms. The number of aryl methyl sites for hydroxylation is 1. The predicted molar refractivity (Wildman–Crippen MR) is 150 cm³/mol. The number of nitrogens with zero attached hydrogens (tertiary/aromatic N) is 5. The predicted octanol–water partition coefficient (Wildman–Crippen LogP) is 4.35. The van der Waals surface area contributed by atoms with Gasteiger partial charge in [0.2, 0.25) is 5.95 Å². The maximum atomic E-state index is 10.4. The van der Waals surface area contributed by atoms with Gasteiger partial charge in [0.05, 0.1) is 17.7 Å². The standard InChI is InChI=1S/C27H33N7O2S/c1-17-16-37-25-23(17)24(30-22-7-5-6-21(29-22)27(2,3)36)31-26(32-25)28-19-8-9-20(18(14-19)15-35)34-12-10-33(4)11-13-34/h5-9,14,16,35-36H,10-13,15H2,1-4H3,(H2,28,29,30,31,32). The van der Waals surface area contributed by atoms with Gasteiger partial charge < -0.3 is 30.6 Å². The van der Waals surface area contributed by atoms with Gasteiger partial charge in [-0.05, 0) is 69.1 Å². The molecule has 5 rings (SSSR count). The number of piperazine rings is 1. The number of thiophene rings is 1. The molecule has 9 nitrogen and oxygen atoms in total. The molecule has 1 fully saturated rings. The molecular weight excluding hydrogens is 486 g/mol. The molecule has 1 aromatic carbocycles. The lowest BCUT2D eigenvalue weighted by molar-refractivity contribution is 0.0740. The Morgan fingerprint density at radius 1 is 1.03 bits per heavy atom. The summed E-state index contributed by atoms with van der Waals surface area (Å²) in [7, 11) is 2.13. The van der Waals surface area contributed by atoms with Crippen molar-refractivity contribution in [1.29, 1.82) is 0 Å². The zero-order chi connectivity index (χ0) is 26.2. The van der Waals surface area contributed by atoms with Crippen molar-refractivity contribution in [3.63, 3.8) is 0 Å². The number of hydrogen-bond donors (Lipinski definition) is 4. The molecule has 0 saturated carbocycles. The summed E-state index contributed by atoms with van der Waals surface area (Å²) in [6, 6.07) is 11.5. The van der Waals surface area contributed by atoms with Crippen molar-refractivity contribution in [2.75, 3.05) is 48.8 Å². The van der Waals surface area contributed by atoms with Gasteiger partial charge in [0, 0.05) is 43.1 Å². The van der Waals surface area contributed by atoms with Crippen molar-refractivity contribution in [1.82, 2.24) is 19.9 Å². The van der Waals surface area contributed by atoms with Crippen LogP contribution >= 0.6 is 11.3 Å². The number of fused-ring (bicyclic) bond motifs is 1. The van der Waals surface area contributed by atoms with Crippen LogP contribution in [0.3, 0.4) is 0 Å². The Kier molecular flexibility index (Phi) is 7.00. The summed E-state index contributed by atoms with van der Waals surface area (Å²) in [6.45, 7) is 9.29. The number of rotatable bonds is 7. The third-order valence-corrected chi connectivity index (χ3v) is 7.58. The third kappa shape index (κ3) is 5.52. The highest BCUT2D eigenvalue weighted by atomic mass is 32.1. The first kappa shape index (κ1) is 25.3. The first-order valence-corrected chi connectivity index (χ1v) is 13.3. The molecule has 0 radical (unpaired) electrons. The summed E-state index contributed by atoms with van der Waals surface area (Å²) in [5, 5.41) is 30.1. The van der Waals surface area contributed by atoms with E-state index < -0.39 is 5.60 Å². The number of likely N-dealkylation sites (N-methyl/N-ethyl adjacent to an activating group) is 1. The quantitative estimate of drug-likeness (QED) is 0.283. The molecule has 4 heterocycles. The fraction of sp³-hybridized carbons (Fsp3) is 0.370. The smallest absolute Gasteiger partial charge is 0.230 e. The minimum atomic E-state index is -1.05. The molecule has 4 N–H and O–H groups in total. The van der Waals surface area contributed by atoms with Crippen LogP contribution in [0, 0.1) is 6.92 Å². The number of aromatic nitrogens is 3. The maximum Gasteiger partial charge on any atom is 0.230 e. The summed E-state index contributed by atoms with van der Waals surface area (Å²) in [5.74, 6) is 1.69. The van der Waals surface area contributed by atoms with Crippen molar-refractivity contribution in [2.45, 2.75) is 33.0 Å². The van der Waals surface area contributed by atoms with Crippen molar-refractivity contribution < 1.29 is 10.2 Å². The fourth-order valence-corrected chi connectivity index (χ4v) is 5.39. The van der Waals surface area contributed by atoms with Crippen LogP contribution in [0.25, 0.3) is 10.2 Å². The highest BCUT2D eigenvalue weighted by molar-refractivity contribution is 7.17. The Bertz CT molecular complexity index is 1410. The lowest BCUT2D eigenvalue weighted by atomic mass is 10.1.